The number of carbonyl (C=O) groups is 1. The largest absolute Gasteiger partial charge is 0.366 e. The average molecular weight is 584 g/mol. The molecule has 0 unspecified atom stereocenters. The van der Waals surface area contributed by atoms with Gasteiger partial charge in [-0.25, -0.2) is 22.7 Å². The van der Waals surface area contributed by atoms with Crippen LogP contribution in [0.5, 0.6) is 0 Å². The number of nitrogens with one attached hydrogen (secondary N) is 1. The first kappa shape index (κ1) is 29.0. The van der Waals surface area contributed by atoms with Crippen molar-refractivity contribution in [3.8, 4) is 0 Å². The van der Waals surface area contributed by atoms with Crippen LogP contribution in [0.15, 0.2) is 24.5 Å². The lowest BCUT2D eigenvalue weighted by atomic mass is 9.97. The molecule has 1 N–H and O–H groups in total. The number of aromatic nitrogens is 2. The van der Waals surface area contributed by atoms with Gasteiger partial charge in [0.15, 0.2) is 0 Å². The maximum Gasteiger partial charge on any atom is 0.272 e. The van der Waals surface area contributed by atoms with E-state index in [0.717, 1.165) is 44.3 Å². The number of sulfonamides is 1. The Morgan fingerprint density at radius 3 is 2.39 bits per heavy atom. The Bertz CT molecular complexity index is 1250. The predicted molar refractivity (Wildman–Crippen MR) is 151 cm³/mol. The molecule has 1 aromatic heterocycles. The molecule has 9 nitrogen and oxygen atoms in total. The van der Waals surface area contributed by atoms with Gasteiger partial charge in [-0.2, -0.15) is 0 Å². The lowest BCUT2D eigenvalue weighted by molar-refractivity contribution is 0.0542. The molecule has 0 spiro atoms. The van der Waals surface area contributed by atoms with Crippen LogP contribution in [0.3, 0.4) is 0 Å². The van der Waals surface area contributed by atoms with Gasteiger partial charge in [0.2, 0.25) is 10.0 Å². The molecule has 2 saturated heterocycles. The summed E-state index contributed by atoms with van der Waals surface area (Å²) in [6.45, 7) is 7.14. The molecule has 1 aromatic carbocycles. The van der Waals surface area contributed by atoms with E-state index in [1.807, 2.05) is 17.9 Å². The van der Waals surface area contributed by atoms with E-state index in [4.69, 9.17) is 23.2 Å². The molecule has 0 saturated carbocycles. The normalized spacial score (nSPS) is 18.2. The highest BCUT2D eigenvalue weighted by Crippen LogP contribution is 2.26. The second-order valence-electron chi connectivity index (χ2n) is 10.0. The highest BCUT2D eigenvalue weighted by Gasteiger charge is 2.33. The van der Waals surface area contributed by atoms with Gasteiger partial charge in [-0.3, -0.25) is 4.79 Å². The van der Waals surface area contributed by atoms with E-state index in [2.05, 4.69) is 20.2 Å². The summed E-state index contributed by atoms with van der Waals surface area (Å²) in [5, 5.41) is 4.27. The molecule has 38 heavy (non-hydrogen) atoms. The number of nitrogens with zero attached hydrogens (tertiary/aromatic N) is 5. The summed E-state index contributed by atoms with van der Waals surface area (Å²) in [5.74, 6) is 0.671. The molecule has 2 aromatic rings. The molecular formula is C26H36Cl2N6O3S. The van der Waals surface area contributed by atoms with Gasteiger partial charge in [0.05, 0.1) is 15.8 Å². The number of amides is 1. The molecule has 2 aliphatic heterocycles. The van der Waals surface area contributed by atoms with Crippen LogP contribution in [0.4, 0.5) is 5.82 Å². The topological polar surface area (TPSA) is 98.7 Å². The smallest absolute Gasteiger partial charge is 0.272 e. The van der Waals surface area contributed by atoms with Crippen LogP contribution >= 0.6 is 23.2 Å². The zero-order valence-electron chi connectivity index (χ0n) is 22.2. The Morgan fingerprint density at radius 2 is 1.76 bits per heavy atom. The van der Waals surface area contributed by atoms with Gasteiger partial charge >= 0.3 is 0 Å². The van der Waals surface area contributed by atoms with Gasteiger partial charge in [0.25, 0.3) is 5.91 Å². The van der Waals surface area contributed by atoms with E-state index < -0.39 is 10.0 Å². The summed E-state index contributed by atoms with van der Waals surface area (Å²) in [5.41, 5.74) is 2.08. The van der Waals surface area contributed by atoms with Crippen molar-refractivity contribution >= 4 is 45.0 Å². The molecule has 0 bridgehead atoms. The van der Waals surface area contributed by atoms with E-state index in [1.165, 1.54) is 6.33 Å². The first-order valence-corrected chi connectivity index (χ1v) is 15.5. The van der Waals surface area contributed by atoms with Gasteiger partial charge < -0.3 is 15.1 Å². The van der Waals surface area contributed by atoms with E-state index >= 15 is 0 Å². The third-order valence-corrected chi connectivity index (χ3v) is 10.5. The fraction of sp³-hybridized carbons (Fsp3) is 0.577. The van der Waals surface area contributed by atoms with Crippen LogP contribution in [-0.2, 0) is 16.6 Å². The van der Waals surface area contributed by atoms with Crippen molar-refractivity contribution in [3.05, 3.63) is 51.4 Å². The van der Waals surface area contributed by atoms with Gasteiger partial charge in [-0.15, -0.1) is 0 Å². The lowest BCUT2D eigenvalue weighted by Crippen LogP contribution is -2.52. The Hall–Kier alpha value is -1.98. The van der Waals surface area contributed by atoms with Crippen LogP contribution in [-0.4, -0.2) is 89.5 Å². The molecule has 4 rings (SSSR count). The molecule has 2 aliphatic rings. The maximum absolute atomic E-state index is 13.4. The molecular weight excluding hydrogens is 547 g/mol. The van der Waals surface area contributed by atoms with Crippen molar-refractivity contribution in [1.29, 1.82) is 0 Å². The SMILES string of the molecule is CCS(=O)(=O)N(C)C1CCN(C2CCN(C(=O)c3ncnc(NCc4ccc(Cl)c(Cl)c4)c3C)CC2)CC1. The van der Waals surface area contributed by atoms with Gasteiger partial charge in [0.1, 0.15) is 17.8 Å². The number of halogens is 2. The summed E-state index contributed by atoms with van der Waals surface area (Å²) in [6.07, 6.45) is 4.89. The first-order chi connectivity index (χ1) is 18.1. The molecule has 3 heterocycles. The molecule has 208 valence electrons. The first-order valence-electron chi connectivity index (χ1n) is 13.1. The standard InChI is InChI=1S/C26H36Cl2N6O3S/c1-4-38(36,37)32(3)20-7-11-33(12-8-20)21-9-13-34(14-10-21)26(35)24-18(2)25(31-17-30-24)29-16-19-5-6-22(27)23(28)15-19/h5-6,15,17,20-21H,4,7-14,16H2,1-3H3,(H,29,30,31). The van der Waals surface area contributed by atoms with E-state index in [0.29, 0.717) is 52.8 Å². The molecule has 0 aliphatic carbocycles. The summed E-state index contributed by atoms with van der Waals surface area (Å²) in [6, 6.07) is 5.92. The van der Waals surface area contributed by atoms with Gasteiger partial charge in [-0.05, 0) is 70.3 Å². The van der Waals surface area contributed by atoms with Crippen molar-refractivity contribution in [2.24, 2.45) is 0 Å². The van der Waals surface area contributed by atoms with Crippen LogP contribution < -0.4 is 5.32 Å². The highest BCUT2D eigenvalue weighted by molar-refractivity contribution is 7.89. The van der Waals surface area contributed by atoms with Crippen molar-refractivity contribution < 1.29 is 13.2 Å². The van der Waals surface area contributed by atoms with Gasteiger partial charge in [-0.1, -0.05) is 29.3 Å². The summed E-state index contributed by atoms with van der Waals surface area (Å²) in [7, 11) is -1.46. The number of benzene rings is 1. The number of rotatable bonds is 8. The molecule has 12 heteroatoms. The van der Waals surface area contributed by atoms with Crippen LogP contribution in [0.25, 0.3) is 0 Å². The van der Waals surface area contributed by atoms with Crippen molar-refractivity contribution in [1.82, 2.24) is 24.1 Å². The van der Waals surface area contributed by atoms with E-state index in [-0.39, 0.29) is 17.7 Å². The molecule has 0 atom stereocenters. The zero-order chi connectivity index (χ0) is 27.4. The summed E-state index contributed by atoms with van der Waals surface area (Å²) in [4.78, 5) is 26.3. The van der Waals surface area contributed by atoms with Crippen molar-refractivity contribution in [3.63, 3.8) is 0 Å². The number of likely N-dealkylation sites (tertiary alicyclic amines) is 2. The van der Waals surface area contributed by atoms with Gasteiger partial charge in [0, 0.05) is 44.3 Å². The Balaban J connectivity index is 1.30. The Kier molecular flexibility index (Phi) is 9.52. The predicted octanol–water partition coefficient (Wildman–Crippen LogP) is 4.05. The number of anilines is 1. The lowest BCUT2D eigenvalue weighted by Gasteiger charge is -2.43. The molecule has 2 fully saturated rings. The monoisotopic (exact) mass is 582 g/mol. The number of carbonyl (C=O) groups excluding carboxylic acids is 1. The van der Waals surface area contributed by atoms with Crippen LogP contribution in [0.1, 0.15) is 54.2 Å². The third-order valence-electron chi connectivity index (χ3n) is 7.82. The number of hydrogen-bond acceptors (Lipinski definition) is 7. The van der Waals surface area contributed by atoms with E-state index in [9.17, 15) is 13.2 Å². The van der Waals surface area contributed by atoms with Crippen molar-refractivity contribution in [2.75, 3.05) is 44.3 Å². The Labute approximate surface area is 235 Å². The third kappa shape index (κ3) is 6.59. The second kappa shape index (κ2) is 12.5. The minimum atomic E-state index is -3.17. The maximum atomic E-state index is 13.4. The molecule has 1 amide bonds. The quantitative estimate of drug-likeness (QED) is 0.501. The fourth-order valence-electron chi connectivity index (χ4n) is 5.31. The minimum absolute atomic E-state index is 0.0677. The average Bonchev–Trinajstić information content (AvgIpc) is 2.93. The van der Waals surface area contributed by atoms with Crippen molar-refractivity contribution in [2.45, 2.75) is 58.2 Å². The fourth-order valence-corrected chi connectivity index (χ4v) is 6.70. The van der Waals surface area contributed by atoms with Crippen LogP contribution in [0, 0.1) is 6.92 Å². The summed E-state index contributed by atoms with van der Waals surface area (Å²) < 4.78 is 26.0. The van der Waals surface area contributed by atoms with Crippen LogP contribution in [0.2, 0.25) is 10.0 Å². The number of hydrogen-bond donors (Lipinski definition) is 1. The second-order valence-corrected chi connectivity index (χ2v) is 13.1. The number of piperidine rings is 2. The molecule has 0 radical (unpaired) electrons. The highest BCUT2D eigenvalue weighted by atomic mass is 35.5. The summed E-state index contributed by atoms with van der Waals surface area (Å²) >= 11 is 12.1. The Morgan fingerprint density at radius 1 is 1.08 bits per heavy atom. The zero-order valence-corrected chi connectivity index (χ0v) is 24.5. The van der Waals surface area contributed by atoms with E-state index in [1.54, 1.807) is 30.4 Å². The minimum Gasteiger partial charge on any atom is -0.366 e.